The summed E-state index contributed by atoms with van der Waals surface area (Å²) >= 11 is 15.8. The molecule has 0 fully saturated rings. The van der Waals surface area contributed by atoms with E-state index in [0.717, 1.165) is 15.6 Å². The van der Waals surface area contributed by atoms with Gasteiger partial charge >= 0.3 is 0 Å². The second-order valence-electron chi connectivity index (χ2n) is 3.79. The topological polar surface area (TPSA) is 38.0 Å². The first-order valence-corrected chi connectivity index (χ1v) is 6.84. The number of hydrazine groups is 1. The van der Waals surface area contributed by atoms with Crippen molar-refractivity contribution in [1.29, 1.82) is 0 Å². The molecule has 5 heteroatoms. The number of hydrogen-bond donors (Lipinski definition) is 2. The molecule has 0 aromatic heterocycles. The van der Waals surface area contributed by atoms with Crippen molar-refractivity contribution < 1.29 is 0 Å². The van der Waals surface area contributed by atoms with E-state index in [2.05, 4.69) is 21.4 Å². The van der Waals surface area contributed by atoms with Crippen molar-refractivity contribution in [1.82, 2.24) is 5.43 Å². The van der Waals surface area contributed by atoms with Crippen molar-refractivity contribution in [2.75, 3.05) is 0 Å². The van der Waals surface area contributed by atoms with Crippen LogP contribution in [-0.2, 0) is 0 Å². The second-order valence-corrected chi connectivity index (χ2v) is 5.52. The maximum atomic E-state index is 6.21. The minimum atomic E-state index is -0.247. The highest BCUT2D eigenvalue weighted by molar-refractivity contribution is 9.10. The van der Waals surface area contributed by atoms with Crippen LogP contribution in [0.3, 0.4) is 0 Å². The van der Waals surface area contributed by atoms with Crippen LogP contribution < -0.4 is 11.3 Å². The van der Waals surface area contributed by atoms with Crippen molar-refractivity contribution in [3.63, 3.8) is 0 Å². The molecule has 0 saturated carbocycles. The molecule has 2 aromatic rings. The summed E-state index contributed by atoms with van der Waals surface area (Å²) in [5.74, 6) is 5.64. The summed E-state index contributed by atoms with van der Waals surface area (Å²) in [7, 11) is 0. The van der Waals surface area contributed by atoms with Crippen LogP contribution in [0, 0.1) is 0 Å². The fourth-order valence-electron chi connectivity index (χ4n) is 1.79. The Kier molecular flexibility index (Phi) is 4.65. The summed E-state index contributed by atoms with van der Waals surface area (Å²) in [6.07, 6.45) is 0. The zero-order valence-electron chi connectivity index (χ0n) is 9.33. The SMILES string of the molecule is NNC(c1ccccc1Cl)c1cc(Br)ccc1Cl. The van der Waals surface area contributed by atoms with Gasteiger partial charge < -0.3 is 0 Å². The van der Waals surface area contributed by atoms with Crippen LogP contribution in [0.2, 0.25) is 10.0 Å². The number of benzene rings is 2. The van der Waals surface area contributed by atoms with Gasteiger partial charge in [0.25, 0.3) is 0 Å². The standard InChI is InChI=1S/C13H11BrCl2N2/c14-8-5-6-12(16)10(7-8)13(18-17)9-3-1-2-4-11(9)15/h1-7,13,18H,17H2. The van der Waals surface area contributed by atoms with Gasteiger partial charge in [0.05, 0.1) is 6.04 Å². The Balaban J connectivity index is 2.52. The van der Waals surface area contributed by atoms with Crippen LogP contribution in [0.25, 0.3) is 0 Å². The minimum Gasteiger partial charge on any atom is -0.271 e. The van der Waals surface area contributed by atoms with E-state index in [1.54, 1.807) is 0 Å². The average molecular weight is 346 g/mol. The van der Waals surface area contributed by atoms with Crippen LogP contribution in [0.4, 0.5) is 0 Å². The maximum Gasteiger partial charge on any atom is 0.0739 e. The summed E-state index contributed by atoms with van der Waals surface area (Å²) in [6, 6.07) is 12.9. The molecule has 0 amide bonds. The molecule has 94 valence electrons. The Morgan fingerprint density at radius 3 is 2.33 bits per heavy atom. The maximum absolute atomic E-state index is 6.21. The Labute approximate surface area is 124 Å². The molecule has 0 aliphatic carbocycles. The molecule has 2 rings (SSSR count). The summed E-state index contributed by atoms with van der Waals surface area (Å²) in [6.45, 7) is 0. The monoisotopic (exact) mass is 344 g/mol. The number of rotatable bonds is 3. The van der Waals surface area contributed by atoms with Crippen LogP contribution in [0.15, 0.2) is 46.9 Å². The van der Waals surface area contributed by atoms with E-state index in [9.17, 15) is 0 Å². The molecule has 2 aromatic carbocycles. The zero-order chi connectivity index (χ0) is 13.1. The molecule has 0 bridgehead atoms. The first kappa shape index (κ1) is 13.8. The molecule has 1 unspecified atom stereocenters. The van der Waals surface area contributed by atoms with Gasteiger partial charge in [-0.3, -0.25) is 5.84 Å². The van der Waals surface area contributed by atoms with E-state index >= 15 is 0 Å². The lowest BCUT2D eigenvalue weighted by Crippen LogP contribution is -2.29. The smallest absolute Gasteiger partial charge is 0.0739 e. The molecule has 0 aliphatic heterocycles. The first-order valence-electron chi connectivity index (χ1n) is 5.29. The molecule has 3 N–H and O–H groups in total. The van der Waals surface area contributed by atoms with E-state index in [-0.39, 0.29) is 6.04 Å². The fraction of sp³-hybridized carbons (Fsp3) is 0.0769. The third kappa shape index (κ3) is 2.87. The number of hydrogen-bond acceptors (Lipinski definition) is 2. The highest BCUT2D eigenvalue weighted by Gasteiger charge is 2.18. The molecule has 0 heterocycles. The van der Waals surface area contributed by atoms with Gasteiger partial charge in [0.15, 0.2) is 0 Å². The van der Waals surface area contributed by atoms with Crippen molar-refractivity contribution in [2.45, 2.75) is 6.04 Å². The van der Waals surface area contributed by atoms with Crippen LogP contribution in [-0.4, -0.2) is 0 Å². The summed E-state index contributed by atoms with van der Waals surface area (Å²) in [5, 5.41) is 1.29. The third-order valence-electron chi connectivity index (χ3n) is 2.65. The lowest BCUT2D eigenvalue weighted by Gasteiger charge is -2.19. The predicted octanol–water partition coefficient (Wildman–Crippen LogP) is 4.31. The van der Waals surface area contributed by atoms with E-state index < -0.39 is 0 Å². The van der Waals surface area contributed by atoms with Gasteiger partial charge in [-0.2, -0.15) is 0 Å². The van der Waals surface area contributed by atoms with Gasteiger partial charge in [0.1, 0.15) is 0 Å². The van der Waals surface area contributed by atoms with Gasteiger partial charge in [-0.1, -0.05) is 57.3 Å². The number of nitrogens with two attached hydrogens (primary N) is 1. The molecule has 2 nitrogen and oxygen atoms in total. The van der Waals surface area contributed by atoms with Gasteiger partial charge in [0, 0.05) is 14.5 Å². The molecule has 0 aliphatic rings. The van der Waals surface area contributed by atoms with Gasteiger partial charge in [-0.05, 0) is 35.4 Å². The highest BCUT2D eigenvalue weighted by atomic mass is 79.9. The predicted molar refractivity (Wildman–Crippen MR) is 79.8 cm³/mol. The fourth-order valence-corrected chi connectivity index (χ4v) is 2.64. The Morgan fingerprint density at radius 2 is 1.67 bits per heavy atom. The van der Waals surface area contributed by atoms with Crippen molar-refractivity contribution in [2.24, 2.45) is 5.84 Å². The normalized spacial score (nSPS) is 12.4. The lowest BCUT2D eigenvalue weighted by molar-refractivity contribution is 0.637. The Morgan fingerprint density at radius 1 is 1.00 bits per heavy atom. The van der Waals surface area contributed by atoms with Crippen LogP contribution >= 0.6 is 39.1 Å². The molecule has 0 saturated heterocycles. The van der Waals surface area contributed by atoms with E-state index in [0.29, 0.717) is 10.0 Å². The van der Waals surface area contributed by atoms with E-state index in [1.807, 2.05) is 42.5 Å². The summed E-state index contributed by atoms with van der Waals surface area (Å²) < 4.78 is 0.939. The zero-order valence-corrected chi connectivity index (χ0v) is 12.4. The largest absolute Gasteiger partial charge is 0.271 e. The van der Waals surface area contributed by atoms with Gasteiger partial charge in [-0.25, -0.2) is 5.43 Å². The van der Waals surface area contributed by atoms with Crippen LogP contribution in [0.1, 0.15) is 17.2 Å². The van der Waals surface area contributed by atoms with Crippen molar-refractivity contribution >= 4 is 39.1 Å². The Hall–Kier alpha value is -0.580. The van der Waals surface area contributed by atoms with Crippen LogP contribution in [0.5, 0.6) is 0 Å². The quantitative estimate of drug-likeness (QED) is 0.642. The minimum absolute atomic E-state index is 0.247. The molecular formula is C13H11BrCl2N2. The molecule has 0 radical (unpaired) electrons. The molecule has 0 spiro atoms. The average Bonchev–Trinajstić information content (AvgIpc) is 2.36. The number of nitrogens with one attached hydrogen (secondary N) is 1. The summed E-state index contributed by atoms with van der Waals surface area (Å²) in [5.41, 5.74) is 4.52. The van der Waals surface area contributed by atoms with Crippen molar-refractivity contribution in [3.8, 4) is 0 Å². The summed E-state index contributed by atoms with van der Waals surface area (Å²) in [4.78, 5) is 0. The second kappa shape index (κ2) is 6.04. The van der Waals surface area contributed by atoms with E-state index in [4.69, 9.17) is 29.0 Å². The Bertz CT molecular complexity index is 560. The number of halogens is 3. The lowest BCUT2D eigenvalue weighted by atomic mass is 9.99. The third-order valence-corrected chi connectivity index (χ3v) is 3.83. The molecular weight excluding hydrogens is 335 g/mol. The van der Waals surface area contributed by atoms with Crippen molar-refractivity contribution in [3.05, 3.63) is 68.1 Å². The molecule has 18 heavy (non-hydrogen) atoms. The van der Waals surface area contributed by atoms with E-state index in [1.165, 1.54) is 0 Å². The highest BCUT2D eigenvalue weighted by Crippen LogP contribution is 2.33. The first-order chi connectivity index (χ1) is 8.63. The molecule has 1 atom stereocenters. The van der Waals surface area contributed by atoms with Gasteiger partial charge in [0.2, 0.25) is 0 Å². The van der Waals surface area contributed by atoms with Gasteiger partial charge in [-0.15, -0.1) is 0 Å².